The van der Waals surface area contributed by atoms with Gasteiger partial charge in [0, 0.05) is 87.5 Å². The number of para-hydroxylation sites is 1. The lowest BCUT2D eigenvalue weighted by atomic mass is 9.65. The number of hydrogen-bond acceptors (Lipinski definition) is 15. The van der Waals surface area contributed by atoms with Gasteiger partial charge in [-0.1, -0.05) is 75.9 Å². The van der Waals surface area contributed by atoms with E-state index in [0.717, 1.165) is 35.5 Å². The second-order valence-electron chi connectivity index (χ2n) is 21.7. The highest BCUT2D eigenvalue weighted by Gasteiger charge is 2.39. The number of aldehydes is 2. The van der Waals surface area contributed by atoms with E-state index in [1.54, 1.807) is 65.8 Å². The van der Waals surface area contributed by atoms with Gasteiger partial charge in [-0.05, 0) is 130 Å². The van der Waals surface area contributed by atoms with Crippen LogP contribution in [0, 0.1) is 36.3 Å². The van der Waals surface area contributed by atoms with Gasteiger partial charge in [-0.3, -0.25) is 19.4 Å². The highest BCUT2D eigenvalue weighted by atomic mass is 19.4. The third-order valence-corrected chi connectivity index (χ3v) is 15.9. The molecule has 500 valence electrons. The number of benzene rings is 7. The quantitative estimate of drug-likeness (QED) is 0.0273. The molecule has 0 aliphatic carbocycles. The van der Waals surface area contributed by atoms with Crippen LogP contribution in [-0.4, -0.2) is 89.0 Å². The van der Waals surface area contributed by atoms with Crippen LogP contribution in [0.3, 0.4) is 0 Å². The van der Waals surface area contributed by atoms with Crippen molar-refractivity contribution in [3.05, 3.63) is 194 Å². The molecule has 3 heterocycles. The third-order valence-electron chi connectivity index (χ3n) is 15.9. The van der Waals surface area contributed by atoms with Gasteiger partial charge < -0.3 is 37.8 Å². The second-order valence-corrected chi connectivity index (χ2v) is 21.7. The largest absolute Gasteiger partial charge is 0.496 e. The molecule has 0 unspecified atom stereocenters. The lowest BCUT2D eigenvalue weighted by Crippen LogP contribution is -2.25. The number of fused-ring (bicyclic) bond motifs is 2. The van der Waals surface area contributed by atoms with E-state index < -0.39 is 48.2 Å². The number of aliphatic imine (C=N–C) groups is 1. The fourth-order valence-corrected chi connectivity index (χ4v) is 11.6. The van der Waals surface area contributed by atoms with E-state index in [2.05, 4.69) is 0 Å². The Morgan fingerprint density at radius 2 is 1.20 bits per heavy atom. The molecule has 0 radical (unpaired) electrons. The highest BCUT2D eigenvalue weighted by molar-refractivity contribution is 6.73. The van der Waals surface area contributed by atoms with Gasteiger partial charge in [0.25, 0.3) is 0 Å². The molecule has 23 heteroatoms. The summed E-state index contributed by atoms with van der Waals surface area (Å²) in [6.07, 6.45) is -8.02. The fraction of sp³-hybridized carbons (Fsp3) is 0.243. The number of anilines is 1. The van der Waals surface area contributed by atoms with Gasteiger partial charge in [0.2, 0.25) is 0 Å². The Morgan fingerprint density at radius 3 is 1.69 bits per heavy atom. The number of rotatable bonds is 17. The van der Waals surface area contributed by atoms with Gasteiger partial charge in [-0.2, -0.15) is 26.3 Å². The maximum absolute atomic E-state index is 13.4. The van der Waals surface area contributed by atoms with Gasteiger partial charge in [0.15, 0.2) is 12.6 Å². The van der Waals surface area contributed by atoms with E-state index in [1.165, 1.54) is 67.2 Å². The average Bonchev–Trinajstić information content (AvgIpc) is 0.968. The fourth-order valence-electron chi connectivity index (χ4n) is 11.6. The number of halogens is 6. The summed E-state index contributed by atoms with van der Waals surface area (Å²) in [5.74, 6) is 3.33. The first-order valence-electron chi connectivity index (χ1n) is 30.1. The van der Waals surface area contributed by atoms with Gasteiger partial charge in [0.05, 0.1) is 85.0 Å². The first-order valence-corrected chi connectivity index (χ1v) is 30.1. The smallest absolute Gasteiger partial charge is 0.496 e. The molecule has 0 saturated carbocycles. The minimum Gasteiger partial charge on any atom is -0.496 e. The minimum atomic E-state index is -4.55. The van der Waals surface area contributed by atoms with Gasteiger partial charge in [0.1, 0.15) is 28.7 Å². The lowest BCUT2D eigenvalue weighted by molar-refractivity contribution is -0.138. The van der Waals surface area contributed by atoms with Crippen LogP contribution in [0.25, 0.3) is 49.7 Å². The zero-order chi connectivity index (χ0) is 70.2. The third kappa shape index (κ3) is 14.6. The lowest BCUT2D eigenvalue weighted by Gasteiger charge is -2.27. The van der Waals surface area contributed by atoms with E-state index >= 15 is 0 Å². The van der Waals surface area contributed by atoms with Crippen molar-refractivity contribution < 1.29 is 78.7 Å². The predicted octanol–water partition coefficient (Wildman–Crippen LogP) is 16.9. The number of hydrogen-bond donors (Lipinski definition) is 0. The molecule has 0 amide bonds. The molecule has 0 N–H and O–H groups in total. The number of ether oxygens (including phenoxy) is 6. The molecular formula is C74H68BF6N5O11. The molecule has 0 atom stereocenters. The molecule has 16 nitrogen and oxygen atoms in total. The molecule has 2 aliphatic rings. The number of aromatic nitrogens is 1. The minimum absolute atomic E-state index is 0. The molecular weight excluding hydrogens is 1260 g/mol. The summed E-state index contributed by atoms with van der Waals surface area (Å²) >= 11 is 0. The van der Waals surface area contributed by atoms with Gasteiger partial charge in [-0.25, -0.2) is 20.1 Å². The van der Waals surface area contributed by atoms with Gasteiger partial charge >= 0.3 is 37.1 Å². The van der Waals surface area contributed by atoms with Crippen molar-refractivity contribution >= 4 is 65.1 Å². The van der Waals surface area contributed by atoms with Crippen LogP contribution in [0.1, 0.15) is 119 Å². The highest BCUT2D eigenvalue weighted by Crippen LogP contribution is 2.55. The van der Waals surface area contributed by atoms with E-state index in [9.17, 15) is 60.8 Å². The topological polar surface area (TPSA) is 209 Å². The Kier molecular flexibility index (Phi) is 23.0. The first-order chi connectivity index (χ1) is 45.8. The van der Waals surface area contributed by atoms with Crippen molar-refractivity contribution in [2.75, 3.05) is 46.4 Å². The van der Waals surface area contributed by atoms with Crippen LogP contribution in [0.5, 0.6) is 28.7 Å². The van der Waals surface area contributed by atoms with Crippen LogP contribution in [-0.2, 0) is 37.8 Å². The predicted molar refractivity (Wildman–Crippen MR) is 360 cm³/mol. The number of methoxy groups -OCH3 is 2. The molecule has 0 saturated heterocycles. The van der Waals surface area contributed by atoms with Crippen LogP contribution in [0.15, 0.2) is 143 Å². The maximum atomic E-state index is 13.4. The zero-order valence-corrected chi connectivity index (χ0v) is 54.4. The Morgan fingerprint density at radius 1 is 0.680 bits per heavy atom. The van der Waals surface area contributed by atoms with Crippen LogP contribution in [0.4, 0.5) is 32.0 Å². The molecule has 97 heavy (non-hydrogen) atoms. The number of carbonyl (C=O) groups excluding carboxylic acids is 5. The molecule has 0 bridgehead atoms. The monoisotopic (exact) mass is 1330 g/mol. The average molecular weight is 1330 g/mol. The summed E-state index contributed by atoms with van der Waals surface area (Å²) < 4.78 is 116. The van der Waals surface area contributed by atoms with E-state index in [1.807, 2.05) is 69.0 Å². The number of nitriles is 2. The normalized spacial score (nSPS) is 12.5. The molecule has 1 aromatic heterocycles. The summed E-state index contributed by atoms with van der Waals surface area (Å²) in [4.78, 5) is 71.2. The van der Waals surface area contributed by atoms with Crippen molar-refractivity contribution in [2.45, 2.75) is 81.6 Å². The number of carbonyl (C=O) groups is 5. The summed E-state index contributed by atoms with van der Waals surface area (Å²) in [7, 11) is 6.69. The van der Waals surface area contributed by atoms with Crippen molar-refractivity contribution in [1.29, 1.82) is 10.5 Å². The molecule has 2 aliphatic heterocycles. The SMILES string of the molecule is C.CC.CCOC(=O)C1=C(C)/C(=C(\c2c(OC)cc(OC(=O)Cc3ccc(N(C)C)cc3)cc2OC)c2c(C)c(C(=O)OCC)c(C)n2B(C#N)C#N)N=C1C.O=Cc1cc(-c2ccc(C(F)(F)F)cc2)c2c3c(c(-c4ccc(C(F)(F)F)cc4)cc(C=O)c13)-c1ccccc1O2. The molecule has 0 spiro atoms. The maximum Gasteiger partial charge on any atom is 0.496 e. The summed E-state index contributed by atoms with van der Waals surface area (Å²) in [5.41, 5.74) is 5.75. The Labute approximate surface area is 557 Å². The van der Waals surface area contributed by atoms with Crippen LogP contribution < -0.4 is 23.8 Å². The van der Waals surface area contributed by atoms with Gasteiger partial charge in [-0.15, -0.1) is 0 Å². The van der Waals surface area contributed by atoms with Crippen LogP contribution in [0.2, 0.25) is 0 Å². The van der Waals surface area contributed by atoms with Crippen molar-refractivity contribution in [1.82, 2.24) is 4.48 Å². The van der Waals surface area contributed by atoms with Crippen molar-refractivity contribution in [2.24, 2.45) is 4.99 Å². The first kappa shape index (κ1) is 73.2. The Bertz CT molecular complexity index is 4520. The van der Waals surface area contributed by atoms with Crippen molar-refractivity contribution in [3.63, 3.8) is 0 Å². The van der Waals surface area contributed by atoms with E-state index in [0.29, 0.717) is 79.6 Å². The standard InChI is InChI=1S/C39H42BN5O8.C32H16F6O3.C2H6.CH4/c1-11-51-38(47)32-22(3)36(43-24(32)5)35(37-23(4)33(39(48)52-12-2)25(6)45(37)40(20-41)21-42)34-29(49-9)18-28(19-30(34)50-10)53-31(46)17-26-13-15-27(16-14-26)44(7)8;33-31(34,35)21-9-5-17(6-10-21)24-13-19(15-39)27-20(16-40)14-25(18-7-11-22(12-8-18)32(36,37)38)30-29(27)28(24)23-3-1-2-4-26(23)41-30;1-2;/h13-16,18-19H,11-12,17H2,1-10H3;1-16H;1-2H3;1H4/b36-35-;;;. The number of allylic oxidation sites excluding steroid dienone is 1. The van der Waals surface area contributed by atoms with E-state index in [4.69, 9.17) is 33.4 Å². The molecule has 7 aromatic carbocycles. The number of alkyl halides is 6. The second kappa shape index (κ2) is 30.5. The molecule has 8 aromatic rings. The summed E-state index contributed by atoms with van der Waals surface area (Å²) in [6, 6.07) is 29.2. The Balaban J connectivity index is 0.000000271. The van der Waals surface area contributed by atoms with Crippen LogP contribution >= 0.6 is 0 Å². The Hall–Kier alpha value is -11.2. The zero-order valence-electron chi connectivity index (χ0n) is 54.4. The molecule has 0 fully saturated rings. The van der Waals surface area contributed by atoms with E-state index in [-0.39, 0.29) is 100 Å². The summed E-state index contributed by atoms with van der Waals surface area (Å²) in [6.45, 7) is 12.9. The molecule has 10 rings (SSSR count). The number of nitrogens with zero attached hydrogens (tertiary/aromatic N) is 5. The number of esters is 3. The summed E-state index contributed by atoms with van der Waals surface area (Å²) in [5, 5.41) is 21.0. The van der Waals surface area contributed by atoms with Crippen molar-refractivity contribution in [3.8, 4) is 74.1 Å².